The van der Waals surface area contributed by atoms with Crippen LogP contribution >= 0.6 is 24.8 Å². The zero-order valence-corrected chi connectivity index (χ0v) is 14.2. The van der Waals surface area contributed by atoms with Crippen LogP contribution in [-0.2, 0) is 12.8 Å². The van der Waals surface area contributed by atoms with E-state index in [0.717, 1.165) is 36.8 Å². The Hall–Kier alpha value is -0.600. The molecule has 0 aromatic heterocycles. The van der Waals surface area contributed by atoms with Crippen molar-refractivity contribution in [1.29, 1.82) is 0 Å². The first-order valence-corrected chi connectivity index (χ1v) is 7.22. The molecule has 0 saturated carbocycles. The van der Waals surface area contributed by atoms with Crippen LogP contribution in [0.25, 0.3) is 0 Å². The van der Waals surface area contributed by atoms with Gasteiger partial charge in [0.1, 0.15) is 11.5 Å². The predicted octanol–water partition coefficient (Wildman–Crippen LogP) is 5.41. The molecular formula is C16H28Cl2O2. The molecule has 0 saturated heterocycles. The van der Waals surface area contributed by atoms with Crippen LogP contribution in [0.1, 0.15) is 63.5 Å². The Morgan fingerprint density at radius 2 is 1.10 bits per heavy atom. The Balaban J connectivity index is 0. The van der Waals surface area contributed by atoms with Gasteiger partial charge in [-0.25, -0.2) is 0 Å². The van der Waals surface area contributed by atoms with Gasteiger partial charge in [-0.1, -0.05) is 39.5 Å². The third-order valence-corrected chi connectivity index (χ3v) is 3.38. The van der Waals surface area contributed by atoms with Crippen molar-refractivity contribution in [1.82, 2.24) is 0 Å². The first-order valence-electron chi connectivity index (χ1n) is 7.22. The van der Waals surface area contributed by atoms with Gasteiger partial charge in [0, 0.05) is 6.07 Å². The van der Waals surface area contributed by atoms with Crippen LogP contribution in [0.4, 0.5) is 0 Å². The lowest BCUT2D eigenvalue weighted by Gasteiger charge is -2.10. The maximum Gasteiger partial charge on any atom is 0.122 e. The summed E-state index contributed by atoms with van der Waals surface area (Å²) in [5, 5.41) is 19.7. The first-order chi connectivity index (χ1) is 8.69. The summed E-state index contributed by atoms with van der Waals surface area (Å²) < 4.78 is 0. The zero-order valence-electron chi connectivity index (χ0n) is 12.5. The zero-order chi connectivity index (χ0) is 13.4. The quantitative estimate of drug-likeness (QED) is 0.628. The summed E-state index contributed by atoms with van der Waals surface area (Å²) in [4.78, 5) is 0. The van der Waals surface area contributed by atoms with Gasteiger partial charge in [0.25, 0.3) is 0 Å². The molecule has 0 unspecified atom stereocenters. The van der Waals surface area contributed by atoms with Gasteiger partial charge in [-0.15, -0.1) is 24.8 Å². The molecule has 4 heteroatoms. The number of aryl methyl sites for hydroxylation is 2. The van der Waals surface area contributed by atoms with Crippen molar-refractivity contribution in [2.75, 3.05) is 0 Å². The van der Waals surface area contributed by atoms with Gasteiger partial charge in [0.2, 0.25) is 0 Å². The van der Waals surface area contributed by atoms with Crippen LogP contribution in [0.5, 0.6) is 11.5 Å². The Kier molecular flexibility index (Phi) is 13.2. The second kappa shape index (κ2) is 12.2. The number of rotatable bonds is 8. The maximum atomic E-state index is 9.83. The van der Waals surface area contributed by atoms with Crippen molar-refractivity contribution in [2.45, 2.75) is 65.2 Å². The van der Waals surface area contributed by atoms with Crippen LogP contribution in [0.2, 0.25) is 0 Å². The first kappa shape index (κ1) is 21.7. The van der Waals surface area contributed by atoms with Crippen LogP contribution in [-0.4, -0.2) is 10.2 Å². The number of phenols is 2. The van der Waals surface area contributed by atoms with Gasteiger partial charge in [0.05, 0.1) is 0 Å². The van der Waals surface area contributed by atoms with Crippen LogP contribution < -0.4 is 0 Å². The molecule has 0 spiro atoms. The average molecular weight is 323 g/mol. The molecule has 1 aromatic rings. The van der Waals surface area contributed by atoms with E-state index in [4.69, 9.17) is 0 Å². The average Bonchev–Trinajstić information content (AvgIpc) is 2.34. The fraction of sp³-hybridized carbons (Fsp3) is 0.625. The standard InChI is InChI=1S/C16H26O2.2ClH/c1-3-5-7-9-13-11-14(10-8-6-4-2)16(18)12-15(13)17;;/h11-12,17-18H,3-10H2,1-2H3;2*1H. The van der Waals surface area contributed by atoms with E-state index >= 15 is 0 Å². The van der Waals surface area contributed by atoms with E-state index < -0.39 is 0 Å². The molecule has 0 aliphatic rings. The second-order valence-electron chi connectivity index (χ2n) is 5.02. The van der Waals surface area contributed by atoms with Gasteiger partial charge >= 0.3 is 0 Å². The molecule has 118 valence electrons. The normalized spacial score (nSPS) is 9.70. The van der Waals surface area contributed by atoms with E-state index in [0.29, 0.717) is 0 Å². The Bertz CT molecular complexity index is 336. The molecule has 2 nitrogen and oxygen atoms in total. The minimum atomic E-state index is 0. The molecule has 0 aliphatic heterocycles. The fourth-order valence-corrected chi connectivity index (χ4v) is 2.20. The van der Waals surface area contributed by atoms with Gasteiger partial charge < -0.3 is 10.2 Å². The molecule has 0 amide bonds. The largest absolute Gasteiger partial charge is 0.508 e. The SMILES string of the molecule is CCCCCc1cc(CCCCC)c(O)cc1O.Cl.Cl. The van der Waals surface area contributed by atoms with Crippen molar-refractivity contribution in [2.24, 2.45) is 0 Å². The summed E-state index contributed by atoms with van der Waals surface area (Å²) >= 11 is 0. The minimum absolute atomic E-state index is 0. The van der Waals surface area contributed by atoms with E-state index in [1.165, 1.54) is 31.7 Å². The number of phenolic OH excluding ortho intramolecular Hbond substituents is 2. The Morgan fingerprint density at radius 1 is 0.700 bits per heavy atom. The molecule has 1 aromatic carbocycles. The van der Waals surface area contributed by atoms with Crippen LogP contribution in [0.3, 0.4) is 0 Å². The number of benzene rings is 1. The van der Waals surface area contributed by atoms with Crippen molar-refractivity contribution >= 4 is 24.8 Å². The van der Waals surface area contributed by atoms with E-state index in [1.807, 2.05) is 6.07 Å². The lowest BCUT2D eigenvalue weighted by atomic mass is 9.99. The smallest absolute Gasteiger partial charge is 0.122 e. The van der Waals surface area contributed by atoms with Gasteiger partial charge in [-0.2, -0.15) is 0 Å². The molecular weight excluding hydrogens is 295 g/mol. The molecule has 0 bridgehead atoms. The van der Waals surface area contributed by atoms with Gasteiger partial charge in [0.15, 0.2) is 0 Å². The van der Waals surface area contributed by atoms with E-state index in [9.17, 15) is 10.2 Å². The molecule has 2 N–H and O–H groups in total. The highest BCUT2D eigenvalue weighted by molar-refractivity contribution is 5.85. The number of unbranched alkanes of at least 4 members (excludes halogenated alkanes) is 4. The number of hydrogen-bond acceptors (Lipinski definition) is 2. The van der Waals surface area contributed by atoms with Crippen molar-refractivity contribution < 1.29 is 10.2 Å². The summed E-state index contributed by atoms with van der Waals surface area (Å²) in [5.74, 6) is 0.477. The topological polar surface area (TPSA) is 40.5 Å². The predicted molar refractivity (Wildman–Crippen MR) is 90.7 cm³/mol. The summed E-state index contributed by atoms with van der Waals surface area (Å²) in [7, 11) is 0. The Labute approximate surface area is 135 Å². The molecule has 0 heterocycles. The maximum absolute atomic E-state index is 9.83. The fourth-order valence-electron chi connectivity index (χ4n) is 2.20. The summed E-state index contributed by atoms with van der Waals surface area (Å²) in [6, 6.07) is 3.48. The molecule has 0 aliphatic carbocycles. The summed E-state index contributed by atoms with van der Waals surface area (Å²) in [6.45, 7) is 4.35. The third-order valence-electron chi connectivity index (χ3n) is 3.38. The highest BCUT2D eigenvalue weighted by atomic mass is 35.5. The van der Waals surface area contributed by atoms with Gasteiger partial charge in [-0.3, -0.25) is 0 Å². The van der Waals surface area contributed by atoms with Crippen molar-refractivity contribution in [3.8, 4) is 11.5 Å². The second-order valence-corrected chi connectivity index (χ2v) is 5.02. The van der Waals surface area contributed by atoms with Crippen molar-refractivity contribution in [3.05, 3.63) is 23.3 Å². The van der Waals surface area contributed by atoms with Crippen LogP contribution in [0, 0.1) is 0 Å². The summed E-state index contributed by atoms with van der Waals surface area (Å²) in [6.07, 6.45) is 8.75. The number of hydrogen-bond donors (Lipinski definition) is 2. The molecule has 0 atom stereocenters. The number of halogens is 2. The lowest BCUT2D eigenvalue weighted by Crippen LogP contribution is -1.92. The van der Waals surface area contributed by atoms with Crippen molar-refractivity contribution in [3.63, 3.8) is 0 Å². The molecule has 1 rings (SSSR count). The summed E-state index contributed by atoms with van der Waals surface area (Å²) in [5.41, 5.74) is 1.96. The molecule has 0 fully saturated rings. The Morgan fingerprint density at radius 3 is 1.45 bits per heavy atom. The lowest BCUT2D eigenvalue weighted by molar-refractivity contribution is 0.440. The molecule has 20 heavy (non-hydrogen) atoms. The van der Waals surface area contributed by atoms with E-state index in [2.05, 4.69) is 13.8 Å². The van der Waals surface area contributed by atoms with Crippen LogP contribution in [0.15, 0.2) is 12.1 Å². The van der Waals surface area contributed by atoms with E-state index in [1.54, 1.807) is 0 Å². The number of aromatic hydroxyl groups is 2. The third kappa shape index (κ3) is 7.25. The monoisotopic (exact) mass is 322 g/mol. The highest BCUT2D eigenvalue weighted by Crippen LogP contribution is 2.29. The van der Waals surface area contributed by atoms with Gasteiger partial charge in [-0.05, 0) is 42.9 Å². The minimum Gasteiger partial charge on any atom is -0.508 e. The highest BCUT2D eigenvalue weighted by Gasteiger charge is 2.08. The van der Waals surface area contributed by atoms with E-state index in [-0.39, 0.29) is 36.3 Å². The molecule has 0 radical (unpaired) electrons.